The third-order valence-corrected chi connectivity index (χ3v) is 4.79. The maximum atomic E-state index is 12.8. The van der Waals surface area contributed by atoms with E-state index < -0.39 is 5.75 Å². The van der Waals surface area contributed by atoms with Gasteiger partial charge >= 0.3 is 0 Å². The monoisotopic (exact) mass is 380 g/mol. The Kier molecular flexibility index (Phi) is 5.45. The molecule has 3 rings (SSSR count). The number of aromatic hydroxyl groups is 3. The summed E-state index contributed by atoms with van der Waals surface area (Å²) in [6.45, 7) is 6.15. The van der Waals surface area contributed by atoms with E-state index in [9.17, 15) is 20.1 Å². The van der Waals surface area contributed by atoms with E-state index in [0.29, 0.717) is 17.4 Å². The molecule has 0 spiro atoms. The molecule has 5 nitrogen and oxygen atoms in total. The summed E-state index contributed by atoms with van der Waals surface area (Å²) in [6.07, 6.45) is 6.40. The predicted octanol–water partition coefficient (Wildman–Crippen LogP) is 5.30. The van der Waals surface area contributed by atoms with Gasteiger partial charge in [0.15, 0.2) is 11.3 Å². The third kappa shape index (κ3) is 3.74. The van der Waals surface area contributed by atoms with Gasteiger partial charge in [-0.2, -0.15) is 0 Å². The van der Waals surface area contributed by atoms with Crippen LogP contribution in [0.3, 0.4) is 0 Å². The molecule has 1 heterocycles. The molecular formula is C23H24O5. The van der Waals surface area contributed by atoms with Crippen LogP contribution in [0.25, 0.3) is 21.9 Å². The zero-order chi connectivity index (χ0) is 20.4. The fourth-order valence-electron chi connectivity index (χ4n) is 3.17. The molecule has 0 amide bonds. The summed E-state index contributed by atoms with van der Waals surface area (Å²) in [5.74, 6) is -0.839. The van der Waals surface area contributed by atoms with Gasteiger partial charge in [-0.15, -0.1) is 0 Å². The molecule has 0 saturated carbocycles. The summed E-state index contributed by atoms with van der Waals surface area (Å²) in [7, 11) is 0. The molecule has 0 aliphatic heterocycles. The van der Waals surface area contributed by atoms with Gasteiger partial charge in [-0.3, -0.25) is 4.79 Å². The second-order valence-electron chi connectivity index (χ2n) is 7.26. The molecule has 0 bridgehead atoms. The zero-order valence-corrected chi connectivity index (χ0v) is 16.2. The van der Waals surface area contributed by atoms with E-state index in [0.717, 1.165) is 18.4 Å². The van der Waals surface area contributed by atoms with Gasteiger partial charge in [-0.25, -0.2) is 0 Å². The van der Waals surface area contributed by atoms with Gasteiger partial charge in [0.1, 0.15) is 11.3 Å². The summed E-state index contributed by atoms with van der Waals surface area (Å²) < 4.78 is 5.79. The highest BCUT2D eigenvalue weighted by Gasteiger charge is 2.17. The molecule has 3 aromatic rings. The highest BCUT2D eigenvalue weighted by molar-refractivity contribution is 5.95. The molecule has 5 heteroatoms. The lowest BCUT2D eigenvalue weighted by molar-refractivity contribution is 0.401. The van der Waals surface area contributed by atoms with Crippen molar-refractivity contribution in [2.75, 3.05) is 0 Å². The standard InChI is InChI=1S/C23H24O5/c1-13(2)5-4-6-14(3)7-8-15-18(24)11-9-16-20(26)17-10-12-19(25)21(27)23(17)28-22(15)16/h5,7,9-12,24-25,27H,4,6,8H2,1-3H3. The Morgan fingerprint density at radius 2 is 1.57 bits per heavy atom. The number of hydrogen-bond acceptors (Lipinski definition) is 5. The first-order valence-corrected chi connectivity index (χ1v) is 9.21. The van der Waals surface area contributed by atoms with Crippen molar-refractivity contribution in [1.82, 2.24) is 0 Å². The largest absolute Gasteiger partial charge is 0.508 e. The smallest absolute Gasteiger partial charge is 0.201 e. The lowest BCUT2D eigenvalue weighted by atomic mass is 10.0. The summed E-state index contributed by atoms with van der Waals surface area (Å²) >= 11 is 0. The predicted molar refractivity (Wildman–Crippen MR) is 111 cm³/mol. The Balaban J connectivity index is 2.09. The van der Waals surface area contributed by atoms with Crippen molar-refractivity contribution in [3.8, 4) is 17.2 Å². The zero-order valence-electron chi connectivity index (χ0n) is 16.2. The minimum Gasteiger partial charge on any atom is -0.508 e. The first-order valence-electron chi connectivity index (χ1n) is 9.21. The molecule has 1 aromatic heterocycles. The van der Waals surface area contributed by atoms with Crippen molar-refractivity contribution >= 4 is 21.9 Å². The second kappa shape index (κ2) is 7.80. The Bertz CT molecular complexity index is 1160. The van der Waals surface area contributed by atoms with Crippen LogP contribution < -0.4 is 5.43 Å². The molecule has 0 aliphatic rings. The number of phenolic OH excluding ortho intramolecular Hbond substituents is 3. The molecule has 3 N–H and O–H groups in total. The van der Waals surface area contributed by atoms with Crippen LogP contribution in [0.1, 0.15) is 39.2 Å². The van der Waals surface area contributed by atoms with Gasteiger partial charge < -0.3 is 19.7 Å². The minimum atomic E-state index is -0.487. The first-order chi connectivity index (χ1) is 13.3. The highest BCUT2D eigenvalue weighted by Crippen LogP contribution is 2.36. The Labute approximate surface area is 162 Å². The Hall–Kier alpha value is -3.21. The van der Waals surface area contributed by atoms with Crippen LogP contribution in [0.5, 0.6) is 17.2 Å². The van der Waals surface area contributed by atoms with E-state index in [2.05, 4.69) is 19.9 Å². The lowest BCUT2D eigenvalue weighted by Crippen LogP contribution is -2.03. The summed E-state index contributed by atoms with van der Waals surface area (Å²) in [5, 5.41) is 30.7. The molecule has 0 unspecified atom stereocenters. The van der Waals surface area contributed by atoms with Crippen LogP contribution in [0.2, 0.25) is 0 Å². The van der Waals surface area contributed by atoms with Crippen LogP contribution in [0.4, 0.5) is 0 Å². The highest BCUT2D eigenvalue weighted by atomic mass is 16.4. The van der Waals surface area contributed by atoms with Crippen molar-refractivity contribution in [2.45, 2.75) is 40.0 Å². The summed E-state index contributed by atoms with van der Waals surface area (Å²) in [4.78, 5) is 12.8. The van der Waals surface area contributed by atoms with Gasteiger partial charge in [0.25, 0.3) is 0 Å². The van der Waals surface area contributed by atoms with Crippen molar-refractivity contribution < 1.29 is 19.7 Å². The van der Waals surface area contributed by atoms with Crippen LogP contribution in [-0.2, 0) is 6.42 Å². The van der Waals surface area contributed by atoms with Crippen molar-refractivity contribution in [1.29, 1.82) is 0 Å². The van der Waals surface area contributed by atoms with E-state index in [1.807, 2.05) is 13.0 Å². The van der Waals surface area contributed by atoms with Crippen molar-refractivity contribution in [2.24, 2.45) is 0 Å². The molecule has 28 heavy (non-hydrogen) atoms. The Morgan fingerprint density at radius 1 is 0.929 bits per heavy atom. The number of rotatable bonds is 5. The normalized spacial score (nSPS) is 11.9. The average molecular weight is 380 g/mol. The van der Waals surface area contributed by atoms with Gasteiger partial charge in [-0.05, 0) is 64.3 Å². The van der Waals surface area contributed by atoms with Crippen LogP contribution in [0.15, 0.2) is 56.8 Å². The molecule has 0 atom stereocenters. The van der Waals surface area contributed by atoms with Gasteiger partial charge in [-0.1, -0.05) is 23.3 Å². The topological polar surface area (TPSA) is 90.9 Å². The first kappa shape index (κ1) is 19.5. The molecule has 146 valence electrons. The molecular weight excluding hydrogens is 356 g/mol. The fourth-order valence-corrected chi connectivity index (χ4v) is 3.17. The van der Waals surface area contributed by atoms with Crippen molar-refractivity contribution in [3.05, 3.63) is 63.4 Å². The van der Waals surface area contributed by atoms with E-state index in [-0.39, 0.29) is 33.5 Å². The molecule has 2 aromatic carbocycles. The SMILES string of the molecule is CC(C)=CCCC(C)=CCc1c(O)ccc2c(=O)c3ccc(O)c(O)c3oc12. The maximum Gasteiger partial charge on any atom is 0.201 e. The average Bonchev–Trinajstić information content (AvgIpc) is 2.64. The van der Waals surface area contributed by atoms with E-state index in [1.54, 1.807) is 0 Å². The number of fused-ring (bicyclic) bond motifs is 2. The molecule has 0 fully saturated rings. The Morgan fingerprint density at radius 3 is 2.25 bits per heavy atom. The maximum absolute atomic E-state index is 12.8. The summed E-state index contributed by atoms with van der Waals surface area (Å²) in [6, 6.07) is 5.65. The fraction of sp³-hybridized carbons (Fsp3) is 0.261. The van der Waals surface area contributed by atoms with Gasteiger partial charge in [0.2, 0.25) is 11.2 Å². The van der Waals surface area contributed by atoms with Crippen LogP contribution in [-0.4, -0.2) is 15.3 Å². The molecule has 0 radical (unpaired) electrons. The molecule has 0 aliphatic carbocycles. The van der Waals surface area contributed by atoms with E-state index >= 15 is 0 Å². The van der Waals surface area contributed by atoms with Gasteiger partial charge in [0, 0.05) is 5.56 Å². The van der Waals surface area contributed by atoms with Crippen LogP contribution in [0, 0.1) is 0 Å². The van der Waals surface area contributed by atoms with Crippen LogP contribution >= 0.6 is 0 Å². The third-order valence-electron chi connectivity index (χ3n) is 4.79. The minimum absolute atomic E-state index is 0.0167. The quantitative estimate of drug-likeness (QED) is 0.317. The lowest BCUT2D eigenvalue weighted by Gasteiger charge is -2.09. The number of hydrogen-bond donors (Lipinski definition) is 3. The van der Waals surface area contributed by atoms with E-state index in [4.69, 9.17) is 4.42 Å². The number of benzene rings is 2. The second-order valence-corrected chi connectivity index (χ2v) is 7.26. The summed E-state index contributed by atoms with van der Waals surface area (Å²) in [5.41, 5.74) is 2.71. The molecule has 0 saturated heterocycles. The van der Waals surface area contributed by atoms with Crippen molar-refractivity contribution in [3.63, 3.8) is 0 Å². The number of allylic oxidation sites excluding steroid dienone is 4. The van der Waals surface area contributed by atoms with E-state index in [1.165, 1.54) is 29.8 Å². The van der Waals surface area contributed by atoms with Gasteiger partial charge in [0.05, 0.1) is 10.8 Å². The number of phenols is 3.